The van der Waals surface area contributed by atoms with Crippen LogP contribution < -0.4 is 0 Å². The number of allylic oxidation sites excluding steroid dienone is 6. The van der Waals surface area contributed by atoms with Crippen molar-refractivity contribution in [2.45, 2.75) is 99.8 Å². The molecule has 0 radical (unpaired) electrons. The van der Waals surface area contributed by atoms with Crippen molar-refractivity contribution in [3.05, 3.63) is 62.7 Å². The largest absolute Gasteiger partial charge is 0.501 e. The monoisotopic (exact) mass is 591 g/mol. The molecule has 230 valence electrons. The van der Waals surface area contributed by atoms with Gasteiger partial charge in [-0.15, -0.1) is 23.7 Å². The smallest absolute Gasteiger partial charge is 0.336 e. The van der Waals surface area contributed by atoms with Crippen LogP contribution in [0.25, 0.3) is 5.70 Å². The van der Waals surface area contributed by atoms with Crippen molar-refractivity contribution in [2.75, 3.05) is 14.2 Å². The SMILES string of the molecule is C#CC.CCC(/C(C=C(C)C)=C/N(C)/C(=C\C(C)C)c1cc(C(=O)O)cs1)=C(/C)OC.CCC1CCC(F)(F)CC1. The normalized spacial score (nSPS) is 15.8. The van der Waals surface area contributed by atoms with E-state index in [0.717, 1.165) is 53.2 Å². The molecule has 4 nitrogen and oxygen atoms in total. The van der Waals surface area contributed by atoms with E-state index in [2.05, 4.69) is 77.1 Å². The Kier molecular flexibility index (Phi) is 18.0. The number of halogens is 2. The van der Waals surface area contributed by atoms with E-state index >= 15 is 0 Å². The zero-order valence-corrected chi connectivity index (χ0v) is 27.6. The van der Waals surface area contributed by atoms with Crippen LogP contribution in [-0.4, -0.2) is 36.1 Å². The van der Waals surface area contributed by atoms with Gasteiger partial charge in [0, 0.05) is 31.5 Å². The predicted octanol–water partition coefficient (Wildman–Crippen LogP) is 10.4. The lowest BCUT2D eigenvalue weighted by Crippen LogP contribution is -2.24. The molecule has 0 saturated heterocycles. The summed E-state index contributed by atoms with van der Waals surface area (Å²) in [4.78, 5) is 14.3. The third kappa shape index (κ3) is 14.6. The number of hydrogen-bond acceptors (Lipinski definition) is 4. The highest BCUT2D eigenvalue weighted by Crippen LogP contribution is 2.37. The summed E-state index contributed by atoms with van der Waals surface area (Å²) < 4.78 is 30.5. The Morgan fingerprint density at radius 1 is 1.27 bits per heavy atom. The number of ether oxygens (including phenoxy) is 1. The molecule has 1 aliphatic carbocycles. The van der Waals surface area contributed by atoms with Gasteiger partial charge in [-0.25, -0.2) is 13.6 Å². The van der Waals surface area contributed by atoms with E-state index in [4.69, 9.17) is 4.74 Å². The van der Waals surface area contributed by atoms with Crippen molar-refractivity contribution in [2.24, 2.45) is 11.8 Å². The first-order valence-corrected chi connectivity index (χ1v) is 15.2. The lowest BCUT2D eigenvalue weighted by atomic mass is 9.85. The number of methoxy groups -OCH3 is 1. The molecule has 0 unspecified atom stereocenters. The maximum atomic E-state index is 12.5. The van der Waals surface area contributed by atoms with Crippen LogP contribution in [0.1, 0.15) is 109 Å². The summed E-state index contributed by atoms with van der Waals surface area (Å²) in [6.45, 7) is 16.2. The summed E-state index contributed by atoms with van der Waals surface area (Å²) in [5.74, 6) is 0.806. The predicted molar refractivity (Wildman–Crippen MR) is 171 cm³/mol. The fraction of sp³-hybridized carbons (Fsp3) is 0.559. The lowest BCUT2D eigenvalue weighted by Gasteiger charge is -2.27. The van der Waals surface area contributed by atoms with Crippen molar-refractivity contribution in [1.82, 2.24) is 4.90 Å². The summed E-state index contributed by atoms with van der Waals surface area (Å²) in [6, 6.07) is 1.74. The fourth-order valence-corrected chi connectivity index (χ4v) is 5.30. The number of alkyl halides is 2. The maximum absolute atomic E-state index is 12.5. The molecule has 0 spiro atoms. The van der Waals surface area contributed by atoms with Gasteiger partial charge in [0.25, 0.3) is 0 Å². The molecule has 0 bridgehead atoms. The number of terminal acetylenes is 1. The van der Waals surface area contributed by atoms with Crippen LogP contribution in [0.3, 0.4) is 0 Å². The highest BCUT2D eigenvalue weighted by molar-refractivity contribution is 7.11. The molecular formula is C34H51F2NO3S. The first kappa shape index (κ1) is 38.1. The van der Waals surface area contributed by atoms with Crippen LogP contribution in [-0.2, 0) is 4.74 Å². The van der Waals surface area contributed by atoms with Gasteiger partial charge in [0.15, 0.2) is 0 Å². The van der Waals surface area contributed by atoms with Crippen molar-refractivity contribution in [1.29, 1.82) is 0 Å². The molecule has 0 atom stereocenters. The molecule has 0 amide bonds. The van der Waals surface area contributed by atoms with Gasteiger partial charge in [-0.1, -0.05) is 51.8 Å². The van der Waals surface area contributed by atoms with E-state index in [1.807, 2.05) is 14.0 Å². The summed E-state index contributed by atoms with van der Waals surface area (Å²) >= 11 is 1.45. The van der Waals surface area contributed by atoms with Crippen molar-refractivity contribution in [3.63, 3.8) is 0 Å². The molecule has 2 rings (SSSR count). The van der Waals surface area contributed by atoms with Gasteiger partial charge in [-0.3, -0.25) is 0 Å². The molecule has 1 aromatic rings. The quantitative estimate of drug-likeness (QED) is 0.167. The van der Waals surface area contributed by atoms with E-state index in [9.17, 15) is 18.7 Å². The van der Waals surface area contributed by atoms with E-state index < -0.39 is 11.9 Å². The molecule has 7 heteroatoms. The topological polar surface area (TPSA) is 49.8 Å². The standard InChI is InChI=1S/C23H33NO3S.C8H14F2.C3H4/c1-9-20(17(6)27-8)18(10-15(2)3)13-24(7)21(11-16(4)5)22-12-19(14-28-22)23(25)26;1-2-7-3-5-8(9,10)6-4-7;1-3-2/h10-14,16H,9H2,1-8H3,(H,25,26);7H,2-6H2,1H3;1H,2H3/b18-13+,20-17+,21-11-;;. The van der Waals surface area contributed by atoms with Crippen LogP contribution in [0, 0.1) is 24.2 Å². The first-order chi connectivity index (χ1) is 19.2. The third-order valence-corrected chi connectivity index (χ3v) is 7.55. The van der Waals surface area contributed by atoms with Crippen molar-refractivity contribution < 1.29 is 23.4 Å². The molecule has 1 aromatic heterocycles. The van der Waals surface area contributed by atoms with E-state index in [1.54, 1.807) is 25.5 Å². The molecule has 41 heavy (non-hydrogen) atoms. The van der Waals surface area contributed by atoms with Gasteiger partial charge in [-0.2, -0.15) is 0 Å². The average molecular weight is 592 g/mol. The minimum Gasteiger partial charge on any atom is -0.501 e. The molecule has 1 fully saturated rings. The summed E-state index contributed by atoms with van der Waals surface area (Å²) in [7, 11) is 3.70. The number of aromatic carboxylic acids is 1. The molecule has 0 aromatic carbocycles. The van der Waals surface area contributed by atoms with Crippen LogP contribution >= 0.6 is 11.3 Å². The number of rotatable bonds is 10. The number of thiophene rings is 1. The minimum absolute atomic E-state index is 0.117. The maximum Gasteiger partial charge on any atom is 0.336 e. The molecule has 0 aliphatic heterocycles. The molecular weight excluding hydrogens is 540 g/mol. The molecule has 1 N–H and O–H groups in total. The molecule has 1 saturated carbocycles. The number of carboxylic acids is 1. The Morgan fingerprint density at radius 2 is 1.83 bits per heavy atom. The Hall–Kier alpha value is -2.85. The average Bonchev–Trinajstić information content (AvgIpc) is 3.38. The van der Waals surface area contributed by atoms with Crippen LogP contribution in [0.4, 0.5) is 8.78 Å². The number of hydrogen-bond donors (Lipinski definition) is 1. The number of carboxylic acid groups (broad SMARTS) is 1. The molecule has 1 aliphatic rings. The van der Waals surface area contributed by atoms with Crippen LogP contribution in [0.5, 0.6) is 0 Å². The summed E-state index contributed by atoms with van der Waals surface area (Å²) in [5, 5.41) is 11.0. The Balaban J connectivity index is 0.00000101. The van der Waals surface area contributed by atoms with Gasteiger partial charge in [0.1, 0.15) is 0 Å². The second kappa shape index (κ2) is 19.3. The lowest BCUT2D eigenvalue weighted by molar-refractivity contribution is -0.0460. The van der Waals surface area contributed by atoms with Crippen LogP contribution in [0.2, 0.25) is 0 Å². The van der Waals surface area contributed by atoms with E-state index in [0.29, 0.717) is 17.4 Å². The first-order valence-electron chi connectivity index (χ1n) is 14.3. The van der Waals surface area contributed by atoms with Crippen LogP contribution in [0.15, 0.2) is 52.3 Å². The highest BCUT2D eigenvalue weighted by Gasteiger charge is 2.33. The summed E-state index contributed by atoms with van der Waals surface area (Å²) in [5.41, 5.74) is 4.76. The third-order valence-electron chi connectivity index (χ3n) is 6.59. The van der Waals surface area contributed by atoms with Gasteiger partial charge < -0.3 is 14.7 Å². The second-order valence-electron chi connectivity index (χ2n) is 10.8. The zero-order valence-electron chi connectivity index (χ0n) is 26.7. The van der Waals surface area contributed by atoms with E-state index in [1.165, 1.54) is 16.9 Å². The van der Waals surface area contributed by atoms with Gasteiger partial charge in [-0.05, 0) is 76.0 Å². The van der Waals surface area contributed by atoms with Gasteiger partial charge >= 0.3 is 5.97 Å². The zero-order chi connectivity index (χ0) is 31.8. The Bertz CT molecular complexity index is 1110. The number of carbonyl (C=O) groups is 1. The number of nitrogens with zero attached hydrogens (tertiary/aromatic N) is 1. The second-order valence-corrected chi connectivity index (χ2v) is 11.7. The highest BCUT2D eigenvalue weighted by atomic mass is 32.1. The molecule has 1 heterocycles. The summed E-state index contributed by atoms with van der Waals surface area (Å²) in [6.07, 6.45) is 14.6. The van der Waals surface area contributed by atoms with Crippen molar-refractivity contribution in [3.8, 4) is 12.3 Å². The Morgan fingerprint density at radius 3 is 2.22 bits per heavy atom. The van der Waals surface area contributed by atoms with Gasteiger partial charge in [0.2, 0.25) is 5.92 Å². The van der Waals surface area contributed by atoms with Gasteiger partial charge in [0.05, 0.1) is 29.0 Å². The van der Waals surface area contributed by atoms with Crippen molar-refractivity contribution >= 4 is 23.0 Å². The Labute approximate surface area is 251 Å². The minimum atomic E-state index is -2.34. The fourth-order valence-electron chi connectivity index (χ4n) is 4.35. The van der Waals surface area contributed by atoms with E-state index in [-0.39, 0.29) is 12.8 Å².